The third-order valence-corrected chi connectivity index (χ3v) is 3.94. The van der Waals surface area contributed by atoms with Gasteiger partial charge in [0.25, 0.3) is 0 Å². The van der Waals surface area contributed by atoms with Gasteiger partial charge in [-0.05, 0) is 31.0 Å². The number of aliphatic hydroxyl groups excluding tert-OH is 1. The van der Waals surface area contributed by atoms with E-state index in [0.29, 0.717) is 26.1 Å². The minimum Gasteiger partial charge on any atom is -0.396 e. The van der Waals surface area contributed by atoms with Crippen molar-refractivity contribution < 1.29 is 23.0 Å². The highest BCUT2D eigenvalue weighted by molar-refractivity contribution is 5.57. The molecule has 22 heavy (non-hydrogen) atoms. The van der Waals surface area contributed by atoms with Gasteiger partial charge in [0.15, 0.2) is 0 Å². The van der Waals surface area contributed by atoms with Crippen LogP contribution in [-0.2, 0) is 10.9 Å². The lowest BCUT2D eigenvalue weighted by Crippen LogP contribution is -2.32. The van der Waals surface area contributed by atoms with Gasteiger partial charge in [0.2, 0.25) is 0 Å². The van der Waals surface area contributed by atoms with Crippen LogP contribution in [0.3, 0.4) is 0 Å². The van der Waals surface area contributed by atoms with Crippen LogP contribution in [0.2, 0.25) is 0 Å². The molecule has 4 nitrogen and oxygen atoms in total. The van der Waals surface area contributed by atoms with Gasteiger partial charge < -0.3 is 15.2 Å². The average Bonchev–Trinajstić information content (AvgIpc) is 2.93. The number of alkyl halides is 3. The van der Waals surface area contributed by atoms with Crippen molar-refractivity contribution in [1.29, 1.82) is 5.26 Å². The smallest absolute Gasteiger partial charge is 0.396 e. The highest BCUT2D eigenvalue weighted by Crippen LogP contribution is 2.37. The first kappa shape index (κ1) is 16.6. The maximum Gasteiger partial charge on any atom is 0.418 e. The first-order chi connectivity index (χ1) is 10.4. The van der Waals surface area contributed by atoms with E-state index in [1.54, 1.807) is 0 Å². The van der Waals surface area contributed by atoms with Crippen molar-refractivity contribution in [2.75, 3.05) is 31.7 Å². The van der Waals surface area contributed by atoms with E-state index in [0.717, 1.165) is 12.1 Å². The van der Waals surface area contributed by atoms with Crippen LogP contribution in [0, 0.1) is 16.7 Å². The molecule has 1 saturated heterocycles. The molecule has 1 atom stereocenters. The van der Waals surface area contributed by atoms with Crippen molar-refractivity contribution in [1.82, 2.24) is 0 Å². The monoisotopic (exact) mass is 314 g/mol. The van der Waals surface area contributed by atoms with Crippen molar-refractivity contribution >= 4 is 5.69 Å². The highest BCUT2D eigenvalue weighted by atomic mass is 19.4. The number of nitrogens with one attached hydrogen (secondary N) is 1. The van der Waals surface area contributed by atoms with Gasteiger partial charge in [-0.1, -0.05) is 0 Å². The fraction of sp³-hybridized carbons (Fsp3) is 0.533. The molecule has 0 amide bonds. The van der Waals surface area contributed by atoms with Crippen LogP contribution in [0.25, 0.3) is 0 Å². The number of benzene rings is 1. The van der Waals surface area contributed by atoms with Crippen molar-refractivity contribution in [3.63, 3.8) is 0 Å². The Morgan fingerprint density at radius 2 is 2.18 bits per heavy atom. The lowest BCUT2D eigenvalue weighted by Gasteiger charge is -2.28. The zero-order chi connectivity index (χ0) is 16.2. The van der Waals surface area contributed by atoms with Gasteiger partial charge >= 0.3 is 6.18 Å². The van der Waals surface area contributed by atoms with E-state index in [1.807, 2.05) is 6.07 Å². The SMILES string of the molecule is N#Cc1ccc(C(F)(F)F)c(NCC2(CCO)CCOC2)c1. The summed E-state index contributed by atoms with van der Waals surface area (Å²) < 4.78 is 44.4. The molecular weight excluding hydrogens is 297 g/mol. The summed E-state index contributed by atoms with van der Waals surface area (Å²) in [4.78, 5) is 0. The average molecular weight is 314 g/mol. The van der Waals surface area contributed by atoms with Gasteiger partial charge in [-0.2, -0.15) is 18.4 Å². The van der Waals surface area contributed by atoms with Crippen molar-refractivity contribution in [2.45, 2.75) is 19.0 Å². The maximum atomic E-state index is 13.0. The summed E-state index contributed by atoms with van der Waals surface area (Å²) in [6.07, 6.45) is -3.36. The Labute approximate surface area is 126 Å². The molecule has 7 heteroatoms. The Bertz CT molecular complexity index is 561. The number of hydrogen-bond acceptors (Lipinski definition) is 4. The molecule has 0 aliphatic carbocycles. The molecule has 0 saturated carbocycles. The summed E-state index contributed by atoms with van der Waals surface area (Å²) in [5, 5.41) is 20.8. The van der Waals surface area contributed by atoms with Crippen LogP contribution in [-0.4, -0.2) is 31.5 Å². The molecule has 1 aromatic rings. The lowest BCUT2D eigenvalue weighted by molar-refractivity contribution is -0.137. The number of halogens is 3. The Morgan fingerprint density at radius 3 is 2.73 bits per heavy atom. The van der Waals surface area contributed by atoms with E-state index in [9.17, 15) is 13.2 Å². The third-order valence-electron chi connectivity index (χ3n) is 3.94. The summed E-state index contributed by atoms with van der Waals surface area (Å²) in [6.45, 7) is 1.15. The quantitative estimate of drug-likeness (QED) is 0.877. The van der Waals surface area contributed by atoms with Gasteiger partial charge in [-0.3, -0.25) is 0 Å². The molecule has 1 fully saturated rings. The molecule has 1 aromatic carbocycles. The Kier molecular flexibility index (Phi) is 4.94. The number of nitrogens with zero attached hydrogens (tertiary/aromatic N) is 1. The third kappa shape index (κ3) is 3.70. The molecule has 0 bridgehead atoms. The predicted molar refractivity (Wildman–Crippen MR) is 74.2 cm³/mol. The Hall–Kier alpha value is -1.78. The van der Waals surface area contributed by atoms with E-state index in [2.05, 4.69) is 5.32 Å². The van der Waals surface area contributed by atoms with E-state index < -0.39 is 11.7 Å². The Balaban J connectivity index is 2.22. The molecule has 1 unspecified atom stereocenters. The summed E-state index contributed by atoms with van der Waals surface area (Å²) in [6, 6.07) is 5.09. The first-order valence-electron chi connectivity index (χ1n) is 6.94. The molecule has 0 spiro atoms. The van der Waals surface area contributed by atoms with Gasteiger partial charge in [0.05, 0.1) is 23.8 Å². The standard InChI is InChI=1S/C15H17F3N2O2/c16-15(17,18)12-2-1-11(8-19)7-13(12)20-9-14(3-5-21)4-6-22-10-14/h1-2,7,20-21H,3-6,9-10H2. The van der Waals surface area contributed by atoms with Crippen LogP contribution in [0.5, 0.6) is 0 Å². The molecule has 0 aromatic heterocycles. The van der Waals surface area contributed by atoms with Crippen LogP contribution >= 0.6 is 0 Å². The van der Waals surface area contributed by atoms with Crippen LogP contribution < -0.4 is 5.32 Å². The number of anilines is 1. The minimum atomic E-state index is -4.49. The van der Waals surface area contributed by atoms with Gasteiger partial charge in [0.1, 0.15) is 0 Å². The molecule has 1 aliphatic rings. The fourth-order valence-corrected chi connectivity index (χ4v) is 2.60. The van der Waals surface area contributed by atoms with E-state index in [4.69, 9.17) is 15.1 Å². The highest BCUT2D eigenvalue weighted by Gasteiger charge is 2.37. The largest absolute Gasteiger partial charge is 0.418 e. The number of ether oxygens (including phenoxy) is 1. The van der Waals surface area contributed by atoms with Crippen LogP contribution in [0.1, 0.15) is 24.0 Å². The molecule has 1 aliphatic heterocycles. The summed E-state index contributed by atoms with van der Waals surface area (Å²) in [5.74, 6) is 0. The lowest BCUT2D eigenvalue weighted by atomic mass is 9.84. The van der Waals surface area contributed by atoms with Gasteiger partial charge in [-0.15, -0.1) is 0 Å². The van der Waals surface area contributed by atoms with Crippen LogP contribution in [0.15, 0.2) is 18.2 Å². The molecule has 2 N–H and O–H groups in total. The minimum absolute atomic E-state index is 0.0462. The second kappa shape index (κ2) is 6.55. The summed E-state index contributed by atoms with van der Waals surface area (Å²) >= 11 is 0. The molecular formula is C15H17F3N2O2. The van der Waals surface area contributed by atoms with E-state index >= 15 is 0 Å². The topological polar surface area (TPSA) is 65.3 Å². The second-order valence-corrected chi connectivity index (χ2v) is 5.50. The summed E-state index contributed by atoms with van der Waals surface area (Å²) in [7, 11) is 0. The molecule has 0 radical (unpaired) electrons. The summed E-state index contributed by atoms with van der Waals surface area (Å²) in [5.41, 5.74) is -1.13. The maximum absolute atomic E-state index is 13.0. The number of rotatable bonds is 5. The molecule has 120 valence electrons. The normalized spacial score (nSPS) is 21.6. The van der Waals surface area contributed by atoms with Crippen molar-refractivity contribution in [2.24, 2.45) is 5.41 Å². The number of hydrogen-bond donors (Lipinski definition) is 2. The fourth-order valence-electron chi connectivity index (χ4n) is 2.60. The number of aliphatic hydroxyl groups is 1. The van der Waals surface area contributed by atoms with Crippen LogP contribution in [0.4, 0.5) is 18.9 Å². The van der Waals surface area contributed by atoms with E-state index in [-0.39, 0.29) is 29.8 Å². The van der Waals surface area contributed by atoms with Crippen molar-refractivity contribution in [3.8, 4) is 6.07 Å². The molecule has 1 heterocycles. The zero-order valence-electron chi connectivity index (χ0n) is 11.9. The molecule has 2 rings (SSSR count). The first-order valence-corrected chi connectivity index (χ1v) is 6.94. The second-order valence-electron chi connectivity index (χ2n) is 5.50. The van der Waals surface area contributed by atoms with E-state index in [1.165, 1.54) is 6.07 Å². The van der Waals surface area contributed by atoms with Gasteiger partial charge in [-0.25, -0.2) is 0 Å². The predicted octanol–water partition coefficient (Wildman–Crippen LogP) is 2.78. The zero-order valence-corrected chi connectivity index (χ0v) is 11.9. The number of nitriles is 1. The Morgan fingerprint density at radius 1 is 1.41 bits per heavy atom. The van der Waals surface area contributed by atoms with Gasteiger partial charge in [0, 0.05) is 30.9 Å². The van der Waals surface area contributed by atoms with Crippen molar-refractivity contribution in [3.05, 3.63) is 29.3 Å².